The first-order valence-electron chi connectivity index (χ1n) is 7.57. The fraction of sp³-hybridized carbons (Fsp3) is 0.294. The molecule has 0 radical (unpaired) electrons. The Morgan fingerprint density at radius 1 is 1.00 bits per heavy atom. The lowest BCUT2D eigenvalue weighted by molar-refractivity contribution is -0.137. The maximum absolute atomic E-state index is 12.7. The average Bonchev–Trinajstić information content (AvgIpc) is 2.66. The van der Waals surface area contributed by atoms with E-state index in [4.69, 9.17) is 19.3 Å². The fourth-order valence-corrected chi connectivity index (χ4v) is 2.25. The van der Waals surface area contributed by atoms with Crippen LogP contribution in [0.1, 0.15) is 16.1 Å². The quantitative estimate of drug-likeness (QED) is 0.747. The highest BCUT2D eigenvalue weighted by atomic mass is 16.5. The smallest absolute Gasteiger partial charge is 0.323 e. The number of carboxylic acid groups (broad SMARTS) is 1. The molecule has 1 amide bonds. The number of rotatable bonds is 8. The number of amides is 1. The summed E-state index contributed by atoms with van der Waals surface area (Å²) in [6.45, 7) is -0.460. The lowest BCUT2D eigenvalue weighted by Gasteiger charge is -2.21. The van der Waals surface area contributed by atoms with Crippen molar-refractivity contribution in [3.8, 4) is 17.4 Å². The van der Waals surface area contributed by atoms with E-state index in [1.165, 1.54) is 33.5 Å². The molecule has 0 bridgehead atoms. The summed E-state index contributed by atoms with van der Waals surface area (Å²) in [5.41, 5.74) is 0.666. The lowest BCUT2D eigenvalue weighted by Crippen LogP contribution is -2.35. The van der Waals surface area contributed by atoms with E-state index in [9.17, 15) is 9.59 Å². The molecule has 1 N–H and O–H groups in total. The molecular weight excluding hydrogens is 342 g/mol. The largest absolute Gasteiger partial charge is 0.497 e. The van der Waals surface area contributed by atoms with E-state index in [0.29, 0.717) is 17.1 Å². The Labute approximate surface area is 150 Å². The number of carbonyl (C=O) groups excluding carboxylic acids is 1. The zero-order chi connectivity index (χ0) is 19.1. The fourth-order valence-electron chi connectivity index (χ4n) is 2.25. The van der Waals surface area contributed by atoms with E-state index in [2.05, 4.69) is 10.2 Å². The molecule has 138 valence electrons. The van der Waals surface area contributed by atoms with Gasteiger partial charge in [0.1, 0.15) is 18.0 Å². The Morgan fingerprint density at radius 3 is 2.12 bits per heavy atom. The van der Waals surface area contributed by atoms with Gasteiger partial charge >= 0.3 is 5.97 Å². The number of aliphatic carboxylic acids is 1. The van der Waals surface area contributed by atoms with Crippen LogP contribution < -0.4 is 14.2 Å². The van der Waals surface area contributed by atoms with Crippen LogP contribution >= 0.6 is 0 Å². The number of aromatic nitrogens is 2. The highest BCUT2D eigenvalue weighted by Gasteiger charge is 2.21. The molecule has 0 aliphatic rings. The Bertz CT molecular complexity index is 756. The van der Waals surface area contributed by atoms with Crippen molar-refractivity contribution in [3.05, 3.63) is 41.6 Å². The molecule has 0 unspecified atom stereocenters. The second-order valence-corrected chi connectivity index (χ2v) is 5.24. The van der Waals surface area contributed by atoms with E-state index in [1.54, 1.807) is 18.2 Å². The highest BCUT2D eigenvalue weighted by Crippen LogP contribution is 2.23. The third-order valence-corrected chi connectivity index (χ3v) is 3.47. The minimum atomic E-state index is -1.14. The number of carboxylic acids is 1. The van der Waals surface area contributed by atoms with Crippen molar-refractivity contribution in [2.45, 2.75) is 6.54 Å². The molecule has 0 aliphatic heterocycles. The summed E-state index contributed by atoms with van der Waals surface area (Å²) in [5, 5.41) is 16.7. The van der Waals surface area contributed by atoms with Gasteiger partial charge < -0.3 is 24.2 Å². The number of hydrogen-bond donors (Lipinski definition) is 1. The number of nitrogens with zero attached hydrogens (tertiary/aromatic N) is 3. The first kappa shape index (κ1) is 19.0. The van der Waals surface area contributed by atoms with E-state index in [1.807, 2.05) is 0 Å². The van der Waals surface area contributed by atoms with E-state index in [-0.39, 0.29) is 18.1 Å². The summed E-state index contributed by atoms with van der Waals surface area (Å²) in [5.74, 6) is -0.388. The van der Waals surface area contributed by atoms with Gasteiger partial charge in [0.15, 0.2) is 5.69 Å². The first-order chi connectivity index (χ1) is 12.5. The molecule has 2 aromatic rings. The van der Waals surface area contributed by atoms with Gasteiger partial charge in [0.2, 0.25) is 5.88 Å². The zero-order valence-electron chi connectivity index (χ0n) is 14.6. The minimum Gasteiger partial charge on any atom is -0.497 e. The van der Waals surface area contributed by atoms with Crippen molar-refractivity contribution < 1.29 is 28.9 Å². The summed E-state index contributed by atoms with van der Waals surface area (Å²) >= 11 is 0. The van der Waals surface area contributed by atoms with Crippen LogP contribution in [0.3, 0.4) is 0 Å². The Kier molecular flexibility index (Phi) is 6.31. The van der Waals surface area contributed by atoms with E-state index in [0.717, 1.165) is 4.90 Å². The lowest BCUT2D eigenvalue weighted by atomic mass is 10.1. The molecule has 26 heavy (non-hydrogen) atoms. The van der Waals surface area contributed by atoms with Crippen molar-refractivity contribution in [2.24, 2.45) is 0 Å². The van der Waals surface area contributed by atoms with Crippen LogP contribution in [0.25, 0.3) is 0 Å². The van der Waals surface area contributed by atoms with Crippen LogP contribution in [0, 0.1) is 0 Å². The topological polar surface area (TPSA) is 111 Å². The van der Waals surface area contributed by atoms with Gasteiger partial charge in [-0.1, -0.05) is 0 Å². The molecule has 0 spiro atoms. The van der Waals surface area contributed by atoms with Gasteiger partial charge in [0.05, 0.1) is 21.3 Å². The normalized spacial score (nSPS) is 10.1. The van der Waals surface area contributed by atoms with Crippen LogP contribution in [-0.2, 0) is 11.3 Å². The third kappa shape index (κ3) is 4.82. The maximum Gasteiger partial charge on any atom is 0.323 e. The summed E-state index contributed by atoms with van der Waals surface area (Å²) in [6, 6.07) is 7.99. The zero-order valence-corrected chi connectivity index (χ0v) is 14.6. The van der Waals surface area contributed by atoms with Gasteiger partial charge in [-0.2, -0.15) is 0 Å². The monoisotopic (exact) mass is 361 g/mol. The van der Waals surface area contributed by atoms with Crippen LogP contribution in [-0.4, -0.2) is 60.0 Å². The van der Waals surface area contributed by atoms with Crippen LogP contribution in [0.2, 0.25) is 0 Å². The Balaban J connectivity index is 2.29. The Hall–Kier alpha value is -3.36. The summed E-state index contributed by atoms with van der Waals surface area (Å²) in [6.07, 6.45) is 0. The molecule has 2 rings (SSSR count). The minimum absolute atomic E-state index is 0.0157. The van der Waals surface area contributed by atoms with Gasteiger partial charge in [-0.3, -0.25) is 9.59 Å². The molecule has 1 aromatic carbocycles. The van der Waals surface area contributed by atoms with Crippen molar-refractivity contribution in [1.29, 1.82) is 0 Å². The van der Waals surface area contributed by atoms with Gasteiger partial charge in [0, 0.05) is 18.7 Å². The molecule has 0 saturated heterocycles. The molecule has 1 heterocycles. The summed E-state index contributed by atoms with van der Waals surface area (Å²) < 4.78 is 15.3. The third-order valence-electron chi connectivity index (χ3n) is 3.47. The molecule has 1 aromatic heterocycles. The van der Waals surface area contributed by atoms with Crippen LogP contribution in [0.15, 0.2) is 30.3 Å². The van der Waals surface area contributed by atoms with Gasteiger partial charge in [-0.25, -0.2) is 0 Å². The molecule has 9 heteroatoms. The average molecular weight is 361 g/mol. The molecule has 0 aliphatic carbocycles. The Morgan fingerprint density at radius 2 is 1.65 bits per heavy atom. The number of carbonyl (C=O) groups is 2. The molecule has 0 atom stereocenters. The van der Waals surface area contributed by atoms with Crippen LogP contribution in [0.4, 0.5) is 0 Å². The van der Waals surface area contributed by atoms with Crippen molar-refractivity contribution in [2.75, 3.05) is 27.9 Å². The van der Waals surface area contributed by atoms with Crippen molar-refractivity contribution >= 4 is 11.9 Å². The maximum atomic E-state index is 12.7. The molecule has 0 saturated carbocycles. The highest BCUT2D eigenvalue weighted by molar-refractivity contribution is 5.94. The summed E-state index contributed by atoms with van der Waals surface area (Å²) in [7, 11) is 4.44. The SMILES string of the molecule is COc1cc(CN(CC(=O)O)C(=O)c2ccc(OC)nn2)cc(OC)c1. The van der Waals surface area contributed by atoms with Crippen molar-refractivity contribution in [1.82, 2.24) is 15.1 Å². The second kappa shape index (κ2) is 8.65. The van der Waals surface area contributed by atoms with Crippen LogP contribution in [0.5, 0.6) is 17.4 Å². The molecular formula is C17H19N3O6. The van der Waals surface area contributed by atoms with E-state index < -0.39 is 18.4 Å². The predicted octanol–water partition coefficient (Wildman–Crippen LogP) is 1.23. The second-order valence-electron chi connectivity index (χ2n) is 5.24. The number of benzene rings is 1. The number of ether oxygens (including phenoxy) is 3. The van der Waals surface area contributed by atoms with E-state index >= 15 is 0 Å². The molecule has 9 nitrogen and oxygen atoms in total. The van der Waals surface area contributed by atoms with Gasteiger partial charge in [0.25, 0.3) is 5.91 Å². The summed E-state index contributed by atoms with van der Waals surface area (Å²) in [4.78, 5) is 25.0. The predicted molar refractivity (Wildman–Crippen MR) is 90.5 cm³/mol. The van der Waals surface area contributed by atoms with Crippen molar-refractivity contribution in [3.63, 3.8) is 0 Å². The number of hydrogen-bond acceptors (Lipinski definition) is 7. The molecule has 0 fully saturated rings. The standard InChI is InChI=1S/C17H19N3O6/c1-24-12-6-11(7-13(8-12)25-2)9-20(10-16(21)22)17(23)14-4-5-15(26-3)19-18-14/h4-8H,9-10H2,1-3H3,(H,21,22). The number of methoxy groups -OCH3 is 3. The first-order valence-corrected chi connectivity index (χ1v) is 7.57. The van der Waals surface area contributed by atoms with Gasteiger partial charge in [-0.05, 0) is 23.8 Å². The van der Waals surface area contributed by atoms with Gasteiger partial charge in [-0.15, -0.1) is 10.2 Å².